The zero-order chi connectivity index (χ0) is 11.6. The molecule has 3 atom stereocenters. The summed E-state index contributed by atoms with van der Waals surface area (Å²) in [7, 11) is 0. The smallest absolute Gasteiger partial charge is 0.0152 e. The first-order chi connectivity index (χ1) is 6.99. The first-order valence-electron chi connectivity index (χ1n) is 6.66. The second-order valence-corrected chi connectivity index (χ2v) is 5.95. The molecule has 0 radical (unpaired) electrons. The molecule has 0 aromatic heterocycles. The van der Waals surface area contributed by atoms with Crippen LogP contribution in [0.15, 0.2) is 12.2 Å². The van der Waals surface area contributed by atoms with E-state index in [0.717, 1.165) is 29.6 Å². The van der Waals surface area contributed by atoms with Gasteiger partial charge in [0.15, 0.2) is 0 Å². The highest BCUT2D eigenvalue weighted by Crippen LogP contribution is 2.45. The molecule has 0 N–H and O–H groups in total. The molecular weight excluding hydrogens is 180 g/mol. The summed E-state index contributed by atoms with van der Waals surface area (Å²) in [6, 6.07) is 0. The SMILES string of the molecule is C=C1CCC(C(C)C)C(CC)C1C(C)C. The van der Waals surface area contributed by atoms with Crippen molar-refractivity contribution in [2.45, 2.75) is 53.9 Å². The molecule has 88 valence electrons. The van der Waals surface area contributed by atoms with Crippen molar-refractivity contribution in [1.82, 2.24) is 0 Å². The molecule has 15 heavy (non-hydrogen) atoms. The number of rotatable bonds is 3. The molecule has 1 saturated carbocycles. The molecule has 3 unspecified atom stereocenters. The summed E-state index contributed by atoms with van der Waals surface area (Å²) in [5.74, 6) is 4.18. The van der Waals surface area contributed by atoms with E-state index in [1.54, 1.807) is 0 Å². The Morgan fingerprint density at radius 1 is 1.20 bits per heavy atom. The molecule has 0 aromatic carbocycles. The lowest BCUT2D eigenvalue weighted by molar-refractivity contribution is 0.120. The van der Waals surface area contributed by atoms with Gasteiger partial charge in [0.05, 0.1) is 0 Å². The highest BCUT2D eigenvalue weighted by atomic mass is 14.4. The van der Waals surface area contributed by atoms with Crippen LogP contribution in [0.4, 0.5) is 0 Å². The van der Waals surface area contributed by atoms with Crippen LogP contribution in [0.3, 0.4) is 0 Å². The van der Waals surface area contributed by atoms with Crippen LogP contribution in [-0.4, -0.2) is 0 Å². The van der Waals surface area contributed by atoms with Crippen LogP contribution in [0.1, 0.15) is 53.9 Å². The van der Waals surface area contributed by atoms with Crippen molar-refractivity contribution in [3.63, 3.8) is 0 Å². The lowest BCUT2D eigenvalue weighted by atomic mass is 9.62. The normalized spacial score (nSPS) is 32.7. The van der Waals surface area contributed by atoms with Crippen molar-refractivity contribution >= 4 is 0 Å². The topological polar surface area (TPSA) is 0 Å². The minimum absolute atomic E-state index is 0.768. The van der Waals surface area contributed by atoms with Crippen molar-refractivity contribution in [2.24, 2.45) is 29.6 Å². The maximum Gasteiger partial charge on any atom is -0.0152 e. The van der Waals surface area contributed by atoms with Gasteiger partial charge >= 0.3 is 0 Å². The third-order valence-corrected chi connectivity index (χ3v) is 4.33. The Labute approximate surface area is 96.2 Å². The largest absolute Gasteiger partial charge is 0.0996 e. The van der Waals surface area contributed by atoms with Crippen molar-refractivity contribution in [3.8, 4) is 0 Å². The molecule has 0 saturated heterocycles. The minimum Gasteiger partial charge on any atom is -0.0996 e. The summed E-state index contributed by atoms with van der Waals surface area (Å²) in [5, 5.41) is 0. The molecule has 1 aliphatic carbocycles. The summed E-state index contributed by atoms with van der Waals surface area (Å²) >= 11 is 0. The maximum atomic E-state index is 4.31. The molecule has 0 aliphatic heterocycles. The second-order valence-electron chi connectivity index (χ2n) is 5.95. The standard InChI is InChI=1S/C15H28/c1-7-13-14(10(2)3)9-8-12(6)15(13)11(4)5/h10-11,13-15H,6-9H2,1-5H3. The fourth-order valence-corrected chi connectivity index (χ4v) is 3.65. The van der Waals surface area contributed by atoms with Gasteiger partial charge in [-0.15, -0.1) is 0 Å². The van der Waals surface area contributed by atoms with Gasteiger partial charge in [-0.2, -0.15) is 0 Å². The summed E-state index contributed by atoms with van der Waals surface area (Å²) in [4.78, 5) is 0. The lowest BCUT2D eigenvalue weighted by Crippen LogP contribution is -2.35. The summed E-state index contributed by atoms with van der Waals surface area (Å²) in [6.07, 6.45) is 3.96. The summed E-state index contributed by atoms with van der Waals surface area (Å²) in [6.45, 7) is 16.2. The molecule has 0 aromatic rings. The van der Waals surface area contributed by atoms with E-state index < -0.39 is 0 Å². The number of allylic oxidation sites excluding steroid dienone is 1. The van der Waals surface area contributed by atoms with E-state index in [4.69, 9.17) is 0 Å². The Morgan fingerprint density at radius 2 is 1.80 bits per heavy atom. The molecule has 0 heterocycles. The van der Waals surface area contributed by atoms with E-state index in [-0.39, 0.29) is 0 Å². The van der Waals surface area contributed by atoms with Crippen LogP contribution in [0, 0.1) is 29.6 Å². The van der Waals surface area contributed by atoms with E-state index >= 15 is 0 Å². The predicted octanol–water partition coefficient (Wildman–Crippen LogP) is 4.91. The van der Waals surface area contributed by atoms with Gasteiger partial charge in [-0.05, 0) is 42.4 Å². The van der Waals surface area contributed by atoms with Gasteiger partial charge in [0.2, 0.25) is 0 Å². The predicted molar refractivity (Wildman–Crippen MR) is 68.8 cm³/mol. The Hall–Kier alpha value is -0.260. The first kappa shape index (κ1) is 12.8. The van der Waals surface area contributed by atoms with Gasteiger partial charge in [0.1, 0.15) is 0 Å². The van der Waals surface area contributed by atoms with Crippen LogP contribution in [0.2, 0.25) is 0 Å². The van der Waals surface area contributed by atoms with Crippen molar-refractivity contribution in [3.05, 3.63) is 12.2 Å². The highest BCUT2D eigenvalue weighted by molar-refractivity contribution is 5.09. The minimum atomic E-state index is 0.768. The van der Waals surface area contributed by atoms with Gasteiger partial charge < -0.3 is 0 Å². The fourth-order valence-electron chi connectivity index (χ4n) is 3.65. The monoisotopic (exact) mass is 208 g/mol. The molecule has 0 amide bonds. The third kappa shape index (κ3) is 2.65. The average Bonchev–Trinajstić information content (AvgIpc) is 2.15. The van der Waals surface area contributed by atoms with E-state index in [1.807, 2.05) is 0 Å². The van der Waals surface area contributed by atoms with Gasteiger partial charge in [-0.1, -0.05) is 53.2 Å². The molecule has 0 bridgehead atoms. The Morgan fingerprint density at radius 3 is 2.20 bits per heavy atom. The Kier molecular flexibility index (Phi) is 4.43. The van der Waals surface area contributed by atoms with Gasteiger partial charge in [0, 0.05) is 0 Å². The zero-order valence-electron chi connectivity index (χ0n) is 11.2. The van der Waals surface area contributed by atoms with E-state index in [2.05, 4.69) is 41.2 Å². The zero-order valence-corrected chi connectivity index (χ0v) is 11.2. The molecule has 0 spiro atoms. The quantitative estimate of drug-likeness (QED) is 0.578. The van der Waals surface area contributed by atoms with E-state index in [0.29, 0.717) is 0 Å². The molecule has 1 aliphatic rings. The van der Waals surface area contributed by atoms with Crippen LogP contribution in [-0.2, 0) is 0 Å². The molecule has 0 heteroatoms. The lowest BCUT2D eigenvalue weighted by Gasteiger charge is -2.43. The average molecular weight is 208 g/mol. The number of hydrogen-bond acceptors (Lipinski definition) is 0. The van der Waals surface area contributed by atoms with Crippen LogP contribution in [0.25, 0.3) is 0 Å². The highest BCUT2D eigenvalue weighted by Gasteiger charge is 2.36. The van der Waals surface area contributed by atoms with Crippen molar-refractivity contribution in [2.75, 3.05) is 0 Å². The van der Waals surface area contributed by atoms with Crippen LogP contribution >= 0.6 is 0 Å². The Bertz CT molecular complexity index is 212. The van der Waals surface area contributed by atoms with Crippen molar-refractivity contribution in [1.29, 1.82) is 0 Å². The summed E-state index contributed by atoms with van der Waals surface area (Å²) < 4.78 is 0. The molecular formula is C15H28. The van der Waals surface area contributed by atoms with Crippen LogP contribution < -0.4 is 0 Å². The van der Waals surface area contributed by atoms with Gasteiger partial charge in [0.25, 0.3) is 0 Å². The summed E-state index contributed by atoms with van der Waals surface area (Å²) in [5.41, 5.74) is 1.52. The first-order valence-corrected chi connectivity index (χ1v) is 6.66. The molecule has 0 nitrogen and oxygen atoms in total. The van der Waals surface area contributed by atoms with Gasteiger partial charge in [-0.25, -0.2) is 0 Å². The maximum absolute atomic E-state index is 4.31. The number of hydrogen-bond donors (Lipinski definition) is 0. The van der Waals surface area contributed by atoms with E-state index in [9.17, 15) is 0 Å². The molecule has 1 rings (SSSR count). The van der Waals surface area contributed by atoms with Crippen molar-refractivity contribution < 1.29 is 0 Å². The van der Waals surface area contributed by atoms with E-state index in [1.165, 1.54) is 24.8 Å². The van der Waals surface area contributed by atoms with Crippen LogP contribution in [0.5, 0.6) is 0 Å². The Balaban J connectivity index is 2.85. The second kappa shape index (κ2) is 5.18. The fraction of sp³-hybridized carbons (Fsp3) is 0.867. The third-order valence-electron chi connectivity index (χ3n) is 4.33. The van der Waals surface area contributed by atoms with Gasteiger partial charge in [-0.3, -0.25) is 0 Å². The molecule has 1 fully saturated rings.